The minimum absolute atomic E-state index is 0.873. The predicted octanol–water partition coefficient (Wildman–Crippen LogP) is 4.49. The van der Waals surface area contributed by atoms with E-state index in [9.17, 15) is 0 Å². The third-order valence-electron chi connectivity index (χ3n) is 4.15. The number of hydrogen-bond acceptors (Lipinski definition) is 0. The van der Waals surface area contributed by atoms with Gasteiger partial charge in [0.2, 0.25) is 0 Å². The van der Waals surface area contributed by atoms with E-state index in [0.29, 0.717) is 0 Å². The fraction of sp³-hybridized carbons (Fsp3) is 1.00. The lowest BCUT2D eigenvalue weighted by Crippen LogP contribution is -2.14. The van der Waals surface area contributed by atoms with Gasteiger partial charge in [0.05, 0.1) is 0 Å². The lowest BCUT2D eigenvalue weighted by atomic mass is 9.82. The molecule has 0 aliphatic heterocycles. The van der Waals surface area contributed by atoms with Gasteiger partial charge in [-0.05, 0) is 30.1 Å². The van der Waals surface area contributed by atoms with Gasteiger partial charge in [0.15, 0.2) is 0 Å². The molecule has 3 unspecified atom stereocenters. The summed E-state index contributed by atoms with van der Waals surface area (Å²) in [6.45, 7) is 9.51. The van der Waals surface area contributed by atoms with Gasteiger partial charge in [-0.2, -0.15) is 0 Å². The summed E-state index contributed by atoms with van der Waals surface area (Å²) in [5.74, 6) is 3.92. The maximum absolute atomic E-state index is 2.43. The summed E-state index contributed by atoms with van der Waals surface area (Å²) in [7, 11) is 0. The molecule has 1 saturated carbocycles. The van der Waals surface area contributed by atoms with Crippen molar-refractivity contribution in [3.05, 3.63) is 0 Å². The lowest BCUT2D eigenvalue weighted by Gasteiger charge is -2.24. The summed E-state index contributed by atoms with van der Waals surface area (Å²) in [6.07, 6.45) is 7.40. The van der Waals surface area contributed by atoms with Gasteiger partial charge in [-0.1, -0.05) is 53.4 Å². The average Bonchev–Trinajstić information content (AvgIpc) is 2.51. The van der Waals surface area contributed by atoms with Crippen LogP contribution in [0.2, 0.25) is 0 Å². The Morgan fingerprint density at radius 2 is 1.69 bits per heavy atom. The van der Waals surface area contributed by atoms with Crippen LogP contribution in [0.5, 0.6) is 0 Å². The summed E-state index contributed by atoms with van der Waals surface area (Å²) < 4.78 is 0. The Labute approximate surface area is 84.1 Å². The van der Waals surface area contributed by atoms with Crippen LogP contribution in [0.4, 0.5) is 0 Å². The maximum atomic E-state index is 2.43. The minimum Gasteiger partial charge on any atom is -0.0651 e. The van der Waals surface area contributed by atoms with E-state index in [1.807, 2.05) is 0 Å². The molecule has 1 rings (SSSR count). The van der Waals surface area contributed by atoms with Gasteiger partial charge in [-0.25, -0.2) is 0 Å². The molecule has 0 aromatic heterocycles. The zero-order valence-corrected chi connectivity index (χ0v) is 9.84. The van der Waals surface area contributed by atoms with Crippen molar-refractivity contribution in [1.29, 1.82) is 0 Å². The minimum atomic E-state index is 0.873. The van der Waals surface area contributed by atoms with Crippen LogP contribution in [-0.2, 0) is 0 Å². The molecule has 13 heavy (non-hydrogen) atoms. The summed E-state index contributed by atoms with van der Waals surface area (Å²) in [5, 5.41) is 0. The molecule has 0 amide bonds. The van der Waals surface area contributed by atoms with Crippen LogP contribution in [-0.4, -0.2) is 0 Å². The summed E-state index contributed by atoms with van der Waals surface area (Å²) in [6, 6.07) is 0. The highest BCUT2D eigenvalue weighted by atomic mass is 14.3. The Balaban J connectivity index is 2.34. The van der Waals surface area contributed by atoms with E-state index < -0.39 is 0 Å². The summed E-state index contributed by atoms with van der Waals surface area (Å²) in [4.78, 5) is 0. The first-order valence-corrected chi connectivity index (χ1v) is 6.15. The average molecular weight is 182 g/mol. The number of rotatable bonds is 4. The standard InChI is InChI=1S/C13H26/c1-5-12-7-6-8-13(12)9-11(4)10(2)3/h10-13H,5-9H2,1-4H3. The molecule has 0 heterocycles. The second-order valence-electron chi connectivity index (χ2n) is 5.32. The van der Waals surface area contributed by atoms with Crippen LogP contribution in [0, 0.1) is 23.7 Å². The first-order valence-electron chi connectivity index (χ1n) is 6.15. The van der Waals surface area contributed by atoms with Crippen molar-refractivity contribution >= 4 is 0 Å². The molecule has 0 spiro atoms. The largest absolute Gasteiger partial charge is 0.0651 e. The SMILES string of the molecule is CCC1CCCC1CC(C)C(C)C. The van der Waals surface area contributed by atoms with Crippen molar-refractivity contribution < 1.29 is 0 Å². The maximum Gasteiger partial charge on any atom is -0.0383 e. The van der Waals surface area contributed by atoms with Crippen molar-refractivity contribution in [2.45, 2.75) is 59.8 Å². The normalized spacial score (nSPS) is 31.2. The Hall–Kier alpha value is 0. The van der Waals surface area contributed by atoms with E-state index in [-0.39, 0.29) is 0 Å². The summed E-state index contributed by atoms with van der Waals surface area (Å²) >= 11 is 0. The van der Waals surface area contributed by atoms with E-state index in [1.165, 1.54) is 32.1 Å². The molecule has 1 aliphatic carbocycles. The second-order valence-corrected chi connectivity index (χ2v) is 5.32. The molecule has 78 valence electrons. The fourth-order valence-corrected chi connectivity index (χ4v) is 2.71. The molecule has 0 aromatic rings. The van der Waals surface area contributed by atoms with Gasteiger partial charge in [-0.15, -0.1) is 0 Å². The first-order chi connectivity index (χ1) is 6.15. The van der Waals surface area contributed by atoms with Gasteiger partial charge in [0.25, 0.3) is 0 Å². The van der Waals surface area contributed by atoms with E-state index in [0.717, 1.165) is 23.7 Å². The van der Waals surface area contributed by atoms with Crippen LogP contribution in [0.25, 0.3) is 0 Å². The Morgan fingerprint density at radius 3 is 2.23 bits per heavy atom. The monoisotopic (exact) mass is 182 g/mol. The highest BCUT2D eigenvalue weighted by Crippen LogP contribution is 2.38. The van der Waals surface area contributed by atoms with Gasteiger partial charge in [0, 0.05) is 0 Å². The fourth-order valence-electron chi connectivity index (χ4n) is 2.71. The molecule has 1 fully saturated rings. The molecule has 0 aromatic carbocycles. The third kappa shape index (κ3) is 3.00. The molecule has 0 nitrogen and oxygen atoms in total. The first kappa shape index (κ1) is 11.1. The van der Waals surface area contributed by atoms with Crippen molar-refractivity contribution in [2.75, 3.05) is 0 Å². The van der Waals surface area contributed by atoms with Crippen molar-refractivity contribution in [2.24, 2.45) is 23.7 Å². The number of hydrogen-bond donors (Lipinski definition) is 0. The van der Waals surface area contributed by atoms with Gasteiger partial charge in [-0.3, -0.25) is 0 Å². The van der Waals surface area contributed by atoms with E-state index in [2.05, 4.69) is 27.7 Å². The van der Waals surface area contributed by atoms with Crippen molar-refractivity contribution in [3.8, 4) is 0 Å². The van der Waals surface area contributed by atoms with E-state index in [1.54, 1.807) is 0 Å². The molecule has 3 atom stereocenters. The van der Waals surface area contributed by atoms with E-state index >= 15 is 0 Å². The lowest BCUT2D eigenvalue weighted by molar-refractivity contribution is 0.267. The summed E-state index contributed by atoms with van der Waals surface area (Å²) in [5.41, 5.74) is 0. The van der Waals surface area contributed by atoms with Crippen molar-refractivity contribution in [1.82, 2.24) is 0 Å². The van der Waals surface area contributed by atoms with Crippen LogP contribution >= 0.6 is 0 Å². The van der Waals surface area contributed by atoms with Crippen LogP contribution in [0.15, 0.2) is 0 Å². The molecule has 0 N–H and O–H groups in total. The zero-order valence-electron chi connectivity index (χ0n) is 9.84. The van der Waals surface area contributed by atoms with Gasteiger partial charge >= 0.3 is 0 Å². The third-order valence-corrected chi connectivity index (χ3v) is 4.15. The Kier molecular flexibility index (Phi) is 4.28. The highest BCUT2D eigenvalue weighted by molar-refractivity contribution is 4.78. The van der Waals surface area contributed by atoms with Crippen LogP contribution < -0.4 is 0 Å². The van der Waals surface area contributed by atoms with E-state index in [4.69, 9.17) is 0 Å². The van der Waals surface area contributed by atoms with Gasteiger partial charge in [0.1, 0.15) is 0 Å². The molecular weight excluding hydrogens is 156 g/mol. The molecule has 0 saturated heterocycles. The van der Waals surface area contributed by atoms with Crippen molar-refractivity contribution in [3.63, 3.8) is 0 Å². The predicted molar refractivity (Wildman–Crippen MR) is 59.7 cm³/mol. The molecule has 0 bridgehead atoms. The van der Waals surface area contributed by atoms with Crippen LogP contribution in [0.1, 0.15) is 59.8 Å². The molecule has 1 aliphatic rings. The zero-order chi connectivity index (χ0) is 9.84. The quantitative estimate of drug-likeness (QED) is 0.600. The second kappa shape index (κ2) is 5.02. The molecule has 0 radical (unpaired) electrons. The topological polar surface area (TPSA) is 0 Å². The molecular formula is C13H26. The molecule has 0 heteroatoms. The van der Waals surface area contributed by atoms with Crippen LogP contribution in [0.3, 0.4) is 0 Å². The Morgan fingerprint density at radius 1 is 1.08 bits per heavy atom. The van der Waals surface area contributed by atoms with Gasteiger partial charge < -0.3 is 0 Å². The smallest absolute Gasteiger partial charge is 0.0383 e. The highest BCUT2D eigenvalue weighted by Gasteiger charge is 2.27. The Bertz CT molecular complexity index is 137.